The van der Waals surface area contributed by atoms with Crippen molar-refractivity contribution in [2.75, 3.05) is 26.9 Å². The maximum atomic E-state index is 13.2. The maximum absolute atomic E-state index is 13.2. The molecule has 1 fully saturated rings. The number of nitrogens with zero attached hydrogens (tertiary/aromatic N) is 1. The third-order valence-electron chi connectivity index (χ3n) is 6.42. The average Bonchev–Trinajstić information content (AvgIpc) is 3.35. The Hall–Kier alpha value is -3.32. The number of methoxy groups -OCH3 is 1. The number of rotatable bonds is 10. The van der Waals surface area contributed by atoms with Crippen molar-refractivity contribution in [2.45, 2.75) is 51.7 Å². The highest BCUT2D eigenvalue weighted by Gasteiger charge is 2.45. The second-order valence-corrected chi connectivity index (χ2v) is 9.06. The van der Waals surface area contributed by atoms with Crippen LogP contribution in [0, 0.1) is 0 Å². The fraction of sp³-hybridized carbons (Fsp3) is 0.429. The van der Waals surface area contributed by atoms with Crippen LogP contribution in [-0.2, 0) is 20.7 Å². The van der Waals surface area contributed by atoms with Gasteiger partial charge in [-0.05, 0) is 61.2 Å². The van der Waals surface area contributed by atoms with Gasteiger partial charge in [0.1, 0.15) is 23.4 Å². The molecule has 0 bridgehead atoms. The molecule has 2 aliphatic rings. The Morgan fingerprint density at radius 3 is 2.60 bits per heavy atom. The van der Waals surface area contributed by atoms with E-state index in [0.29, 0.717) is 31.7 Å². The lowest BCUT2D eigenvalue weighted by Gasteiger charge is -2.25. The number of carbonyl (C=O) groups is 2. The molecular weight excluding hydrogens is 446 g/mol. The van der Waals surface area contributed by atoms with Crippen molar-refractivity contribution in [2.24, 2.45) is 0 Å². The van der Waals surface area contributed by atoms with Crippen LogP contribution in [-0.4, -0.2) is 54.7 Å². The van der Waals surface area contributed by atoms with Crippen LogP contribution < -0.4 is 9.47 Å². The highest BCUT2D eigenvalue weighted by Crippen LogP contribution is 2.41. The van der Waals surface area contributed by atoms with Crippen LogP contribution in [0.25, 0.3) is 5.76 Å². The van der Waals surface area contributed by atoms with Gasteiger partial charge in [0, 0.05) is 32.2 Å². The summed E-state index contributed by atoms with van der Waals surface area (Å²) in [6.07, 6.45) is 3.37. The third kappa shape index (κ3) is 5.20. The topological polar surface area (TPSA) is 85.3 Å². The lowest BCUT2D eigenvalue weighted by Crippen LogP contribution is -2.31. The molecule has 2 unspecified atom stereocenters. The second-order valence-electron chi connectivity index (χ2n) is 9.06. The fourth-order valence-electron chi connectivity index (χ4n) is 4.64. The molecule has 0 radical (unpaired) electrons. The first-order chi connectivity index (χ1) is 16.9. The van der Waals surface area contributed by atoms with Gasteiger partial charge in [-0.15, -0.1) is 0 Å². The maximum Gasteiger partial charge on any atom is 0.295 e. The molecule has 2 aliphatic heterocycles. The van der Waals surface area contributed by atoms with Crippen LogP contribution in [0.2, 0.25) is 0 Å². The van der Waals surface area contributed by atoms with Gasteiger partial charge < -0.3 is 24.2 Å². The number of amides is 1. The predicted molar refractivity (Wildman–Crippen MR) is 133 cm³/mol. The van der Waals surface area contributed by atoms with E-state index in [1.54, 1.807) is 19.2 Å². The minimum atomic E-state index is -0.694. The molecule has 2 aromatic carbocycles. The average molecular weight is 480 g/mol. The zero-order chi connectivity index (χ0) is 24.9. The van der Waals surface area contributed by atoms with E-state index in [-0.39, 0.29) is 17.4 Å². The van der Waals surface area contributed by atoms with E-state index in [4.69, 9.17) is 14.2 Å². The molecule has 1 N–H and O–H groups in total. The number of ether oxygens (including phenoxy) is 3. The first-order valence-electron chi connectivity index (χ1n) is 12.2. The van der Waals surface area contributed by atoms with Crippen molar-refractivity contribution in [3.63, 3.8) is 0 Å². The quantitative estimate of drug-likeness (QED) is 0.231. The van der Waals surface area contributed by atoms with Crippen LogP contribution >= 0.6 is 0 Å². The van der Waals surface area contributed by atoms with E-state index in [2.05, 4.69) is 6.92 Å². The number of hydrogen-bond acceptors (Lipinski definition) is 6. The Morgan fingerprint density at radius 1 is 1.11 bits per heavy atom. The minimum absolute atomic E-state index is 0.0619. The zero-order valence-electron chi connectivity index (χ0n) is 20.6. The number of hydrogen-bond donors (Lipinski definition) is 1. The lowest BCUT2D eigenvalue weighted by molar-refractivity contribution is -0.140. The van der Waals surface area contributed by atoms with E-state index < -0.39 is 17.7 Å². The molecule has 186 valence electrons. The molecule has 0 aromatic heterocycles. The van der Waals surface area contributed by atoms with Gasteiger partial charge in [-0.1, -0.05) is 25.5 Å². The summed E-state index contributed by atoms with van der Waals surface area (Å²) < 4.78 is 16.7. The summed E-state index contributed by atoms with van der Waals surface area (Å²) in [5.74, 6) is 0.0381. The molecule has 0 saturated carbocycles. The summed E-state index contributed by atoms with van der Waals surface area (Å²) in [4.78, 5) is 27.8. The highest BCUT2D eigenvalue weighted by atomic mass is 16.5. The second kappa shape index (κ2) is 11.0. The van der Waals surface area contributed by atoms with Crippen LogP contribution in [0.5, 0.6) is 11.5 Å². The fourth-order valence-corrected chi connectivity index (χ4v) is 4.64. The molecule has 7 heteroatoms. The van der Waals surface area contributed by atoms with Gasteiger partial charge in [0.15, 0.2) is 0 Å². The SMILES string of the molecule is CCCCOc1ccc(C2/C(=C(/O)c3ccc4c(c3)CC(C)O4)C(=O)C(=O)N2CCCOC)cc1. The van der Waals surface area contributed by atoms with Crippen LogP contribution in [0.1, 0.15) is 55.8 Å². The van der Waals surface area contributed by atoms with Gasteiger partial charge in [-0.2, -0.15) is 0 Å². The van der Waals surface area contributed by atoms with Gasteiger partial charge >= 0.3 is 0 Å². The number of ketones is 1. The smallest absolute Gasteiger partial charge is 0.295 e. The number of benzene rings is 2. The standard InChI is InChI=1S/C28H33NO6/c1-4-5-15-34-22-10-7-19(8-11-22)25-24(27(31)28(32)29(25)13-6-14-33-3)26(30)20-9-12-23-21(17-20)16-18(2)35-23/h7-12,17-18,25,30H,4-6,13-16H2,1-3H3/b26-24-. The van der Waals surface area contributed by atoms with Crippen LogP contribution in [0.3, 0.4) is 0 Å². The van der Waals surface area contributed by atoms with Crippen molar-refractivity contribution in [1.82, 2.24) is 4.90 Å². The minimum Gasteiger partial charge on any atom is -0.507 e. The summed E-state index contributed by atoms with van der Waals surface area (Å²) in [7, 11) is 1.60. The van der Waals surface area contributed by atoms with Gasteiger partial charge in [-0.3, -0.25) is 9.59 Å². The Labute approximate surface area is 206 Å². The highest BCUT2D eigenvalue weighted by molar-refractivity contribution is 6.46. The van der Waals surface area contributed by atoms with Crippen molar-refractivity contribution < 1.29 is 28.9 Å². The van der Waals surface area contributed by atoms with E-state index in [1.807, 2.05) is 37.3 Å². The van der Waals surface area contributed by atoms with Gasteiger partial charge in [0.2, 0.25) is 0 Å². The third-order valence-corrected chi connectivity index (χ3v) is 6.42. The molecule has 2 aromatic rings. The molecule has 35 heavy (non-hydrogen) atoms. The lowest BCUT2D eigenvalue weighted by atomic mass is 9.94. The number of Topliss-reactive ketones (excluding diaryl/α,β-unsaturated/α-hetero) is 1. The Morgan fingerprint density at radius 2 is 1.89 bits per heavy atom. The predicted octanol–water partition coefficient (Wildman–Crippen LogP) is 4.65. The van der Waals surface area contributed by atoms with Crippen molar-refractivity contribution in [1.29, 1.82) is 0 Å². The van der Waals surface area contributed by atoms with Crippen molar-refractivity contribution >= 4 is 17.4 Å². The van der Waals surface area contributed by atoms with Crippen molar-refractivity contribution in [3.8, 4) is 11.5 Å². The van der Waals surface area contributed by atoms with Gasteiger partial charge in [0.25, 0.3) is 11.7 Å². The number of aliphatic hydroxyl groups is 1. The first-order valence-corrected chi connectivity index (χ1v) is 12.2. The first kappa shape index (κ1) is 24.8. The van der Waals surface area contributed by atoms with E-state index in [9.17, 15) is 14.7 Å². The monoisotopic (exact) mass is 479 g/mol. The molecule has 1 amide bonds. The van der Waals surface area contributed by atoms with E-state index >= 15 is 0 Å². The van der Waals surface area contributed by atoms with E-state index in [1.165, 1.54) is 4.90 Å². The molecule has 4 rings (SSSR count). The van der Waals surface area contributed by atoms with Crippen LogP contribution in [0.15, 0.2) is 48.0 Å². The number of likely N-dealkylation sites (tertiary alicyclic amines) is 1. The van der Waals surface area contributed by atoms with Gasteiger partial charge in [-0.25, -0.2) is 0 Å². The molecule has 2 atom stereocenters. The van der Waals surface area contributed by atoms with Gasteiger partial charge in [0.05, 0.1) is 18.2 Å². The zero-order valence-corrected chi connectivity index (χ0v) is 20.6. The largest absolute Gasteiger partial charge is 0.507 e. The number of aliphatic hydroxyl groups excluding tert-OH is 1. The Balaban J connectivity index is 1.72. The molecule has 2 heterocycles. The molecule has 7 nitrogen and oxygen atoms in total. The summed E-state index contributed by atoms with van der Waals surface area (Å²) in [5.41, 5.74) is 2.31. The summed E-state index contributed by atoms with van der Waals surface area (Å²) in [6, 6.07) is 12.1. The summed E-state index contributed by atoms with van der Waals surface area (Å²) in [6.45, 7) is 5.52. The molecule has 1 saturated heterocycles. The van der Waals surface area contributed by atoms with Crippen LogP contribution in [0.4, 0.5) is 0 Å². The molecular formula is C28H33NO6. The number of carbonyl (C=O) groups excluding carboxylic acids is 2. The van der Waals surface area contributed by atoms with E-state index in [0.717, 1.165) is 41.9 Å². The van der Waals surface area contributed by atoms with Crippen molar-refractivity contribution in [3.05, 3.63) is 64.7 Å². The normalized spacial score (nSPS) is 20.7. The number of fused-ring (bicyclic) bond motifs is 1. The Kier molecular flexibility index (Phi) is 7.76. The molecule has 0 spiro atoms. The number of unbranched alkanes of at least 4 members (excludes halogenated alkanes) is 1. The molecule has 0 aliphatic carbocycles. The summed E-state index contributed by atoms with van der Waals surface area (Å²) in [5, 5.41) is 11.3. The Bertz CT molecular complexity index is 1110. The summed E-state index contributed by atoms with van der Waals surface area (Å²) >= 11 is 0.